The van der Waals surface area contributed by atoms with Gasteiger partial charge in [0.1, 0.15) is 6.61 Å². The van der Waals surface area contributed by atoms with Crippen molar-refractivity contribution in [2.45, 2.75) is 12.8 Å². The molecular formula is C14H22ClNO4. The lowest BCUT2D eigenvalue weighted by Crippen LogP contribution is -2.12. The molecule has 0 aromatic carbocycles. The molecule has 114 valence electrons. The Bertz CT molecular complexity index is 376. The van der Waals surface area contributed by atoms with Crippen LogP contribution in [0, 0.1) is 6.92 Å². The van der Waals surface area contributed by atoms with E-state index in [0.717, 1.165) is 11.3 Å². The van der Waals surface area contributed by atoms with Crippen LogP contribution in [0.25, 0.3) is 0 Å². The number of hydrogen-bond donors (Lipinski definition) is 0. The van der Waals surface area contributed by atoms with E-state index in [4.69, 9.17) is 30.5 Å². The first-order valence-electron chi connectivity index (χ1n) is 6.57. The van der Waals surface area contributed by atoms with Crippen molar-refractivity contribution in [1.82, 2.24) is 4.98 Å². The van der Waals surface area contributed by atoms with E-state index < -0.39 is 0 Å². The summed E-state index contributed by atoms with van der Waals surface area (Å²) < 4.78 is 21.0. The molecule has 0 radical (unpaired) electrons. The molecule has 0 aliphatic carbocycles. The molecule has 1 aromatic heterocycles. The summed E-state index contributed by atoms with van der Waals surface area (Å²) in [5.41, 5.74) is 1.90. The van der Waals surface area contributed by atoms with E-state index in [9.17, 15) is 0 Å². The van der Waals surface area contributed by atoms with Crippen molar-refractivity contribution in [3.63, 3.8) is 0 Å². The van der Waals surface area contributed by atoms with E-state index >= 15 is 0 Å². The molecule has 20 heavy (non-hydrogen) atoms. The summed E-state index contributed by atoms with van der Waals surface area (Å²) in [6.45, 7) is 5.16. The zero-order valence-electron chi connectivity index (χ0n) is 12.1. The predicted octanol–water partition coefficient (Wildman–Crippen LogP) is 2.19. The molecule has 0 aliphatic heterocycles. The molecule has 1 rings (SSSR count). The van der Waals surface area contributed by atoms with Gasteiger partial charge < -0.3 is 18.9 Å². The highest BCUT2D eigenvalue weighted by atomic mass is 35.5. The van der Waals surface area contributed by atoms with Crippen LogP contribution in [0.5, 0.6) is 5.88 Å². The number of methoxy groups -OCH3 is 1. The van der Waals surface area contributed by atoms with Gasteiger partial charge in [0.15, 0.2) is 0 Å². The number of alkyl halides is 1. The third-order valence-corrected chi connectivity index (χ3v) is 2.73. The Morgan fingerprint density at radius 1 is 1.00 bits per heavy atom. The highest BCUT2D eigenvalue weighted by Gasteiger charge is 2.00. The monoisotopic (exact) mass is 303 g/mol. The van der Waals surface area contributed by atoms with Crippen LogP contribution in [0.4, 0.5) is 0 Å². The summed E-state index contributed by atoms with van der Waals surface area (Å²) in [5, 5.41) is 0. The molecule has 0 atom stereocenters. The van der Waals surface area contributed by atoms with Crippen molar-refractivity contribution >= 4 is 11.6 Å². The fraction of sp³-hybridized carbons (Fsp3) is 0.643. The van der Waals surface area contributed by atoms with Crippen LogP contribution in [-0.4, -0.2) is 51.7 Å². The number of aromatic nitrogens is 1. The molecule has 5 nitrogen and oxygen atoms in total. The summed E-state index contributed by atoms with van der Waals surface area (Å²) in [6, 6.07) is 3.78. The first-order valence-corrected chi connectivity index (χ1v) is 7.10. The molecule has 0 N–H and O–H groups in total. The van der Waals surface area contributed by atoms with Crippen molar-refractivity contribution in [3.05, 3.63) is 23.4 Å². The topological polar surface area (TPSA) is 49.8 Å². The Kier molecular flexibility index (Phi) is 9.32. The molecule has 0 amide bonds. The third-order valence-electron chi connectivity index (χ3n) is 2.43. The van der Waals surface area contributed by atoms with Crippen LogP contribution in [0.3, 0.4) is 0 Å². The lowest BCUT2D eigenvalue weighted by molar-refractivity contribution is 0.0176. The third kappa shape index (κ3) is 7.65. The Labute approximate surface area is 125 Å². The van der Waals surface area contributed by atoms with Gasteiger partial charge in [0.25, 0.3) is 0 Å². The Hall–Kier alpha value is -0.880. The normalized spacial score (nSPS) is 10.8. The zero-order valence-corrected chi connectivity index (χ0v) is 12.8. The summed E-state index contributed by atoms with van der Waals surface area (Å²) in [5.74, 6) is 1.04. The second-order valence-corrected chi connectivity index (χ2v) is 4.42. The number of ether oxygens (including phenoxy) is 4. The molecule has 0 spiro atoms. The average molecular weight is 304 g/mol. The zero-order chi connectivity index (χ0) is 14.6. The summed E-state index contributed by atoms with van der Waals surface area (Å²) in [4.78, 5) is 4.27. The van der Waals surface area contributed by atoms with Gasteiger partial charge in [-0.2, -0.15) is 0 Å². The Morgan fingerprint density at radius 3 is 2.30 bits per heavy atom. The van der Waals surface area contributed by atoms with Crippen molar-refractivity contribution < 1.29 is 18.9 Å². The van der Waals surface area contributed by atoms with Gasteiger partial charge in [0, 0.05) is 24.8 Å². The van der Waals surface area contributed by atoms with Gasteiger partial charge in [-0.25, -0.2) is 4.98 Å². The number of rotatable bonds is 11. The summed E-state index contributed by atoms with van der Waals surface area (Å²) >= 11 is 5.79. The maximum absolute atomic E-state index is 5.79. The molecule has 6 heteroatoms. The molecular weight excluding hydrogens is 282 g/mol. The standard InChI is InChI=1S/C14H22ClNO4/c1-12-9-13(11-15)10-14(16-12)20-8-7-19-6-5-18-4-3-17-2/h9-10H,3-8,11H2,1-2H3. The van der Waals surface area contributed by atoms with Crippen molar-refractivity contribution in [3.8, 4) is 5.88 Å². The molecule has 0 aliphatic rings. The van der Waals surface area contributed by atoms with Crippen molar-refractivity contribution in [2.24, 2.45) is 0 Å². The van der Waals surface area contributed by atoms with Gasteiger partial charge >= 0.3 is 0 Å². The van der Waals surface area contributed by atoms with Crippen LogP contribution in [0.1, 0.15) is 11.3 Å². The maximum atomic E-state index is 5.79. The smallest absolute Gasteiger partial charge is 0.213 e. The minimum absolute atomic E-state index is 0.453. The van der Waals surface area contributed by atoms with Crippen molar-refractivity contribution in [2.75, 3.05) is 46.8 Å². The first kappa shape index (κ1) is 17.2. The minimum atomic E-state index is 0.453. The number of pyridine rings is 1. The van der Waals surface area contributed by atoms with Gasteiger partial charge in [-0.1, -0.05) is 0 Å². The second-order valence-electron chi connectivity index (χ2n) is 4.15. The average Bonchev–Trinajstić information content (AvgIpc) is 2.45. The van der Waals surface area contributed by atoms with E-state index in [1.807, 2.05) is 19.1 Å². The number of hydrogen-bond acceptors (Lipinski definition) is 5. The molecule has 0 fully saturated rings. The van der Waals surface area contributed by atoms with E-state index in [-0.39, 0.29) is 0 Å². The maximum Gasteiger partial charge on any atom is 0.213 e. The van der Waals surface area contributed by atoms with Gasteiger partial charge in [0.05, 0.1) is 33.0 Å². The van der Waals surface area contributed by atoms with E-state index in [2.05, 4.69) is 4.98 Å². The largest absolute Gasteiger partial charge is 0.475 e. The molecule has 1 aromatic rings. The van der Waals surface area contributed by atoms with Gasteiger partial charge in [0.2, 0.25) is 5.88 Å². The molecule has 1 heterocycles. The lowest BCUT2D eigenvalue weighted by Gasteiger charge is -2.08. The van der Waals surface area contributed by atoms with Crippen LogP contribution < -0.4 is 4.74 Å². The fourth-order valence-electron chi connectivity index (χ4n) is 1.53. The van der Waals surface area contributed by atoms with Crippen LogP contribution in [-0.2, 0) is 20.1 Å². The predicted molar refractivity (Wildman–Crippen MR) is 77.5 cm³/mol. The Balaban J connectivity index is 2.08. The summed E-state index contributed by atoms with van der Waals surface area (Å²) in [7, 11) is 1.65. The van der Waals surface area contributed by atoms with E-state index in [1.54, 1.807) is 7.11 Å². The van der Waals surface area contributed by atoms with Gasteiger partial charge in [-0.3, -0.25) is 0 Å². The second kappa shape index (κ2) is 10.9. The van der Waals surface area contributed by atoms with Crippen LogP contribution in [0.15, 0.2) is 12.1 Å². The van der Waals surface area contributed by atoms with E-state index in [0.29, 0.717) is 51.4 Å². The quantitative estimate of drug-likeness (QED) is 0.463. The molecule has 0 saturated heterocycles. The Morgan fingerprint density at radius 2 is 1.65 bits per heavy atom. The lowest BCUT2D eigenvalue weighted by atomic mass is 10.2. The number of nitrogens with zero attached hydrogens (tertiary/aromatic N) is 1. The highest BCUT2D eigenvalue weighted by molar-refractivity contribution is 6.17. The summed E-state index contributed by atoms with van der Waals surface area (Å²) in [6.07, 6.45) is 0. The molecule has 0 unspecified atom stereocenters. The minimum Gasteiger partial charge on any atom is -0.475 e. The van der Waals surface area contributed by atoms with Gasteiger partial charge in [-0.05, 0) is 18.6 Å². The SMILES string of the molecule is COCCOCCOCCOc1cc(CCl)cc(C)n1. The van der Waals surface area contributed by atoms with Crippen LogP contribution in [0.2, 0.25) is 0 Å². The van der Waals surface area contributed by atoms with Crippen LogP contribution >= 0.6 is 11.6 Å². The number of halogens is 1. The fourth-order valence-corrected chi connectivity index (χ4v) is 1.68. The van der Waals surface area contributed by atoms with E-state index in [1.165, 1.54) is 0 Å². The molecule has 0 bridgehead atoms. The first-order chi connectivity index (χ1) is 9.76. The highest BCUT2D eigenvalue weighted by Crippen LogP contribution is 2.13. The van der Waals surface area contributed by atoms with Crippen molar-refractivity contribution in [1.29, 1.82) is 0 Å². The number of aryl methyl sites for hydroxylation is 1. The van der Waals surface area contributed by atoms with Gasteiger partial charge in [-0.15, -0.1) is 11.6 Å². The molecule has 0 saturated carbocycles.